The fraction of sp³-hybridized carbons (Fsp3) is 0.167. The summed E-state index contributed by atoms with van der Waals surface area (Å²) in [5.41, 5.74) is 0.771. The summed E-state index contributed by atoms with van der Waals surface area (Å²) in [5.74, 6) is 1.58. The first-order valence-corrected chi connectivity index (χ1v) is 5.58. The van der Waals surface area contributed by atoms with Crippen LogP contribution in [0.1, 0.15) is 0 Å². The van der Waals surface area contributed by atoms with Crippen molar-refractivity contribution in [3.63, 3.8) is 0 Å². The van der Waals surface area contributed by atoms with E-state index in [1.54, 1.807) is 7.11 Å². The zero-order valence-electron chi connectivity index (χ0n) is 9.98. The van der Waals surface area contributed by atoms with Crippen molar-refractivity contribution in [2.24, 2.45) is 0 Å². The van der Waals surface area contributed by atoms with Gasteiger partial charge in [0.15, 0.2) is 16.7 Å². The van der Waals surface area contributed by atoms with Gasteiger partial charge in [0.05, 0.1) is 19.9 Å². The van der Waals surface area contributed by atoms with Crippen LogP contribution in [-0.4, -0.2) is 24.2 Å². The maximum absolute atomic E-state index is 5.92. The summed E-state index contributed by atoms with van der Waals surface area (Å²) in [6, 6.07) is 7.49. The first kappa shape index (κ1) is 12.4. The number of nitrogens with one attached hydrogen (secondary N) is 1. The van der Waals surface area contributed by atoms with Crippen molar-refractivity contribution in [3.8, 4) is 11.5 Å². The van der Waals surface area contributed by atoms with E-state index >= 15 is 0 Å². The maximum Gasteiger partial charge on any atom is 0.199 e. The van der Waals surface area contributed by atoms with Gasteiger partial charge in [0, 0.05) is 0 Å². The van der Waals surface area contributed by atoms with Crippen LogP contribution in [0, 0.1) is 0 Å². The van der Waals surface area contributed by atoms with Crippen LogP contribution in [-0.2, 0) is 0 Å². The fourth-order valence-electron chi connectivity index (χ4n) is 1.50. The summed E-state index contributed by atoms with van der Waals surface area (Å²) in [5, 5.41) is 3.35. The third-order valence-electron chi connectivity index (χ3n) is 2.32. The van der Waals surface area contributed by atoms with Gasteiger partial charge in [-0.1, -0.05) is 23.7 Å². The van der Waals surface area contributed by atoms with E-state index in [-0.39, 0.29) is 5.15 Å². The molecular weight excluding hydrogens is 254 g/mol. The summed E-state index contributed by atoms with van der Waals surface area (Å²) >= 11 is 5.92. The van der Waals surface area contributed by atoms with Crippen molar-refractivity contribution in [1.82, 2.24) is 9.97 Å². The van der Waals surface area contributed by atoms with Gasteiger partial charge in [-0.3, -0.25) is 0 Å². The van der Waals surface area contributed by atoms with Crippen LogP contribution in [0.4, 0.5) is 11.5 Å². The first-order valence-electron chi connectivity index (χ1n) is 5.20. The normalized spacial score (nSPS) is 9.94. The molecule has 2 aromatic rings. The van der Waals surface area contributed by atoms with E-state index in [0.717, 1.165) is 5.69 Å². The third-order valence-corrected chi connectivity index (χ3v) is 2.59. The Kier molecular flexibility index (Phi) is 3.84. The Bertz CT molecular complexity index is 549. The molecule has 1 N–H and O–H groups in total. The van der Waals surface area contributed by atoms with Crippen LogP contribution < -0.4 is 14.8 Å². The highest BCUT2D eigenvalue weighted by molar-refractivity contribution is 6.31. The second kappa shape index (κ2) is 5.55. The lowest BCUT2D eigenvalue weighted by atomic mass is 10.3. The molecule has 1 heterocycles. The largest absolute Gasteiger partial charge is 0.495 e. The van der Waals surface area contributed by atoms with Gasteiger partial charge in [-0.15, -0.1) is 0 Å². The van der Waals surface area contributed by atoms with Crippen LogP contribution in [0.15, 0.2) is 30.6 Å². The van der Waals surface area contributed by atoms with E-state index in [0.29, 0.717) is 17.3 Å². The monoisotopic (exact) mass is 265 g/mol. The molecule has 5 nitrogen and oxygen atoms in total. The van der Waals surface area contributed by atoms with Gasteiger partial charge >= 0.3 is 0 Å². The van der Waals surface area contributed by atoms with Crippen LogP contribution in [0.5, 0.6) is 11.5 Å². The lowest BCUT2D eigenvalue weighted by Crippen LogP contribution is -2.00. The first-order chi connectivity index (χ1) is 8.76. The van der Waals surface area contributed by atoms with E-state index in [1.165, 1.54) is 13.4 Å². The molecule has 0 radical (unpaired) electrons. The molecule has 0 fully saturated rings. The Morgan fingerprint density at radius 3 is 2.61 bits per heavy atom. The lowest BCUT2D eigenvalue weighted by Gasteiger charge is -2.12. The summed E-state index contributed by atoms with van der Waals surface area (Å²) in [6.45, 7) is 0. The second-order valence-electron chi connectivity index (χ2n) is 3.37. The van der Waals surface area contributed by atoms with Crippen molar-refractivity contribution < 1.29 is 9.47 Å². The Morgan fingerprint density at radius 2 is 1.89 bits per heavy atom. The van der Waals surface area contributed by atoms with Gasteiger partial charge in [-0.05, 0) is 12.1 Å². The van der Waals surface area contributed by atoms with E-state index in [9.17, 15) is 0 Å². The molecule has 0 atom stereocenters. The molecule has 2 rings (SSSR count). The zero-order chi connectivity index (χ0) is 13.0. The van der Waals surface area contributed by atoms with Gasteiger partial charge < -0.3 is 14.8 Å². The molecule has 1 aromatic heterocycles. The van der Waals surface area contributed by atoms with E-state index in [2.05, 4.69) is 15.3 Å². The molecule has 0 saturated carbocycles. The average molecular weight is 266 g/mol. The number of methoxy groups -OCH3 is 2. The predicted molar refractivity (Wildman–Crippen MR) is 69.9 cm³/mol. The summed E-state index contributed by atoms with van der Waals surface area (Å²) in [7, 11) is 3.11. The van der Waals surface area contributed by atoms with Crippen molar-refractivity contribution in [2.45, 2.75) is 0 Å². The minimum atomic E-state index is 0.255. The molecule has 0 aliphatic heterocycles. The number of anilines is 2. The Balaban J connectivity index is 2.37. The Labute approximate surface area is 110 Å². The predicted octanol–water partition coefficient (Wildman–Crippen LogP) is 2.89. The smallest absolute Gasteiger partial charge is 0.199 e. The summed E-state index contributed by atoms with van der Waals surface area (Å²) in [6.07, 6.45) is 1.36. The van der Waals surface area contributed by atoms with Gasteiger partial charge in [0.2, 0.25) is 0 Å². The number of rotatable bonds is 4. The molecule has 0 saturated heterocycles. The molecule has 1 aromatic carbocycles. The molecule has 0 aliphatic carbocycles. The zero-order valence-corrected chi connectivity index (χ0v) is 10.7. The lowest BCUT2D eigenvalue weighted by molar-refractivity contribution is 0.412. The van der Waals surface area contributed by atoms with Crippen LogP contribution in [0.3, 0.4) is 0 Å². The molecule has 18 heavy (non-hydrogen) atoms. The van der Waals surface area contributed by atoms with Crippen LogP contribution in [0.2, 0.25) is 5.15 Å². The number of ether oxygens (including phenoxy) is 2. The molecule has 94 valence electrons. The highest BCUT2D eigenvalue weighted by Gasteiger charge is 2.12. The molecule has 0 bridgehead atoms. The molecular formula is C12H12ClN3O2. The van der Waals surface area contributed by atoms with Crippen molar-refractivity contribution >= 4 is 23.1 Å². The number of nitrogens with zero attached hydrogens (tertiary/aromatic N) is 2. The quantitative estimate of drug-likeness (QED) is 0.862. The fourth-order valence-corrected chi connectivity index (χ4v) is 1.71. The Hall–Kier alpha value is -2.01. The van der Waals surface area contributed by atoms with Gasteiger partial charge in [-0.2, -0.15) is 0 Å². The molecule has 0 amide bonds. The standard InChI is InChI=1S/C12H12ClN3O2/c1-17-9-6-4-3-5-8(9)16-12-10(18-2)11(13)14-7-15-12/h3-7H,1-2H3,(H,14,15,16). The number of hydrogen-bond donors (Lipinski definition) is 1. The SMILES string of the molecule is COc1ccccc1Nc1ncnc(Cl)c1OC. The average Bonchev–Trinajstić information content (AvgIpc) is 2.40. The number of halogens is 1. The molecule has 0 aliphatic rings. The number of para-hydroxylation sites is 2. The van der Waals surface area contributed by atoms with Crippen molar-refractivity contribution in [2.75, 3.05) is 19.5 Å². The molecule has 0 unspecified atom stereocenters. The van der Waals surface area contributed by atoms with Gasteiger partial charge in [0.1, 0.15) is 12.1 Å². The summed E-state index contributed by atoms with van der Waals surface area (Å²) in [4.78, 5) is 7.95. The third kappa shape index (κ3) is 2.46. The minimum Gasteiger partial charge on any atom is -0.495 e. The number of benzene rings is 1. The minimum absolute atomic E-state index is 0.255. The number of aromatic nitrogens is 2. The van der Waals surface area contributed by atoms with Crippen molar-refractivity contribution in [1.29, 1.82) is 0 Å². The number of hydrogen-bond acceptors (Lipinski definition) is 5. The highest BCUT2D eigenvalue weighted by Crippen LogP contribution is 2.33. The van der Waals surface area contributed by atoms with E-state index < -0.39 is 0 Å². The van der Waals surface area contributed by atoms with Gasteiger partial charge in [0.25, 0.3) is 0 Å². The van der Waals surface area contributed by atoms with E-state index in [1.807, 2.05) is 24.3 Å². The van der Waals surface area contributed by atoms with Crippen molar-refractivity contribution in [3.05, 3.63) is 35.7 Å². The van der Waals surface area contributed by atoms with E-state index in [4.69, 9.17) is 21.1 Å². The Morgan fingerprint density at radius 1 is 1.11 bits per heavy atom. The topological polar surface area (TPSA) is 56.3 Å². The second-order valence-corrected chi connectivity index (χ2v) is 3.73. The van der Waals surface area contributed by atoms with Gasteiger partial charge in [-0.25, -0.2) is 9.97 Å². The molecule has 0 spiro atoms. The highest BCUT2D eigenvalue weighted by atomic mass is 35.5. The van der Waals surface area contributed by atoms with Crippen LogP contribution >= 0.6 is 11.6 Å². The maximum atomic E-state index is 5.92. The molecule has 6 heteroatoms. The summed E-state index contributed by atoms with van der Waals surface area (Å²) < 4.78 is 10.4. The van der Waals surface area contributed by atoms with Crippen LogP contribution in [0.25, 0.3) is 0 Å².